The first-order valence-electron chi connectivity index (χ1n) is 7.31. The summed E-state index contributed by atoms with van der Waals surface area (Å²) in [5, 5.41) is 6.83. The van der Waals surface area contributed by atoms with E-state index in [2.05, 4.69) is 31.5 Å². The number of anilines is 2. The minimum absolute atomic E-state index is 0.427. The van der Waals surface area contributed by atoms with Gasteiger partial charge in [-0.25, -0.2) is 4.79 Å². The number of carbonyl (C=O) groups is 1. The van der Waals surface area contributed by atoms with Crippen LogP contribution in [0.4, 0.5) is 16.2 Å². The number of alkyl carbamates (subject to hydrolysis) is 1. The van der Waals surface area contributed by atoms with Gasteiger partial charge in [-0.2, -0.15) is 0 Å². The highest BCUT2D eigenvalue weighted by molar-refractivity contribution is 9.10. The van der Waals surface area contributed by atoms with Crippen LogP contribution in [0.2, 0.25) is 0 Å². The fourth-order valence-electron chi connectivity index (χ4n) is 2.03. The van der Waals surface area contributed by atoms with E-state index in [4.69, 9.17) is 10.5 Å². The third-order valence-corrected chi connectivity index (χ3v) is 3.39. The minimum Gasteiger partial charge on any atom is -0.444 e. The van der Waals surface area contributed by atoms with Crippen LogP contribution in [0.15, 0.2) is 28.9 Å². The molecule has 2 rings (SSSR count). The number of amides is 1. The van der Waals surface area contributed by atoms with Crippen molar-refractivity contribution < 1.29 is 9.53 Å². The second-order valence-electron chi connectivity index (χ2n) is 6.11. The Labute approximate surface area is 143 Å². The first-order chi connectivity index (χ1) is 10.8. The molecular weight excluding hydrogens is 360 g/mol. The Morgan fingerprint density at radius 1 is 1.35 bits per heavy atom. The molecule has 0 unspecified atom stereocenters. The summed E-state index contributed by atoms with van der Waals surface area (Å²) in [5.41, 5.74) is 7.82. The van der Waals surface area contributed by atoms with Crippen molar-refractivity contribution in [1.82, 2.24) is 10.3 Å². The van der Waals surface area contributed by atoms with Gasteiger partial charge in [0, 0.05) is 34.8 Å². The van der Waals surface area contributed by atoms with Crippen molar-refractivity contribution in [2.75, 3.05) is 24.1 Å². The molecule has 1 aromatic heterocycles. The fourth-order valence-corrected chi connectivity index (χ4v) is 2.37. The predicted octanol–water partition coefficient (Wildman–Crippen LogP) is 3.52. The summed E-state index contributed by atoms with van der Waals surface area (Å²) in [6.07, 6.45) is 1.30. The minimum atomic E-state index is -0.498. The van der Waals surface area contributed by atoms with Crippen LogP contribution in [0.3, 0.4) is 0 Å². The zero-order valence-corrected chi connectivity index (χ0v) is 15.0. The number of nitrogen functional groups attached to an aromatic ring is 1. The molecule has 0 aliphatic carbocycles. The highest BCUT2D eigenvalue weighted by Crippen LogP contribution is 2.28. The van der Waals surface area contributed by atoms with Crippen LogP contribution in [-0.2, 0) is 4.74 Å². The van der Waals surface area contributed by atoms with Gasteiger partial charge in [0.25, 0.3) is 0 Å². The fraction of sp³-hybridized carbons (Fsp3) is 0.375. The average Bonchev–Trinajstić information content (AvgIpc) is 2.44. The van der Waals surface area contributed by atoms with Crippen molar-refractivity contribution in [3.05, 3.63) is 28.9 Å². The quantitative estimate of drug-likeness (QED) is 0.557. The number of benzene rings is 1. The average molecular weight is 381 g/mol. The Hall–Kier alpha value is -2.02. The van der Waals surface area contributed by atoms with Gasteiger partial charge >= 0.3 is 6.09 Å². The Balaban J connectivity index is 1.96. The van der Waals surface area contributed by atoms with Crippen LogP contribution in [0.1, 0.15) is 20.8 Å². The maximum atomic E-state index is 11.6. The monoisotopic (exact) mass is 380 g/mol. The molecule has 1 aromatic carbocycles. The van der Waals surface area contributed by atoms with Gasteiger partial charge in [-0.05, 0) is 54.9 Å². The lowest BCUT2D eigenvalue weighted by molar-refractivity contribution is 0.0530. The summed E-state index contributed by atoms with van der Waals surface area (Å²) in [7, 11) is 0. The van der Waals surface area contributed by atoms with E-state index in [0.717, 1.165) is 21.1 Å². The summed E-state index contributed by atoms with van der Waals surface area (Å²) in [5.74, 6) is 0. The van der Waals surface area contributed by atoms with Gasteiger partial charge in [0.05, 0.1) is 11.2 Å². The Bertz CT molecular complexity index is 713. The largest absolute Gasteiger partial charge is 0.444 e. The Morgan fingerprint density at radius 2 is 2.09 bits per heavy atom. The number of nitrogens with one attached hydrogen (secondary N) is 2. The van der Waals surface area contributed by atoms with Gasteiger partial charge < -0.3 is 21.1 Å². The van der Waals surface area contributed by atoms with Crippen molar-refractivity contribution >= 4 is 44.3 Å². The lowest BCUT2D eigenvalue weighted by Gasteiger charge is -2.19. The standard InChI is InChI=1S/C16H21BrN4O2/c1-16(2,3)23-15(22)20-7-6-19-13-5-4-12(18)11-8-10(17)9-21-14(11)13/h4-5,8-9,19H,6-7,18H2,1-3H3,(H,20,22). The van der Waals surface area contributed by atoms with Crippen LogP contribution >= 0.6 is 15.9 Å². The molecule has 1 amide bonds. The zero-order chi connectivity index (χ0) is 17.0. The summed E-state index contributed by atoms with van der Waals surface area (Å²) in [6.45, 7) is 6.48. The molecule has 6 nitrogen and oxygen atoms in total. The number of nitrogens with zero attached hydrogens (tertiary/aromatic N) is 1. The van der Waals surface area contributed by atoms with E-state index in [0.29, 0.717) is 18.8 Å². The van der Waals surface area contributed by atoms with Crippen LogP contribution < -0.4 is 16.4 Å². The summed E-state index contributed by atoms with van der Waals surface area (Å²) in [4.78, 5) is 16.0. The maximum Gasteiger partial charge on any atom is 0.407 e. The van der Waals surface area contributed by atoms with E-state index in [9.17, 15) is 4.79 Å². The van der Waals surface area contributed by atoms with Crippen molar-refractivity contribution in [2.24, 2.45) is 0 Å². The van der Waals surface area contributed by atoms with Gasteiger partial charge in [0.1, 0.15) is 5.60 Å². The smallest absolute Gasteiger partial charge is 0.407 e. The van der Waals surface area contributed by atoms with Gasteiger partial charge in [-0.15, -0.1) is 0 Å². The third kappa shape index (κ3) is 4.99. The van der Waals surface area contributed by atoms with Gasteiger partial charge in [-0.1, -0.05) is 0 Å². The molecule has 1 heterocycles. The number of carbonyl (C=O) groups excluding carboxylic acids is 1. The lowest BCUT2D eigenvalue weighted by atomic mass is 10.1. The number of hydrogen-bond acceptors (Lipinski definition) is 5. The van der Waals surface area contributed by atoms with E-state index in [1.807, 2.05) is 39.0 Å². The van der Waals surface area contributed by atoms with Crippen LogP contribution in [0.25, 0.3) is 10.9 Å². The van der Waals surface area contributed by atoms with Crippen molar-refractivity contribution in [1.29, 1.82) is 0 Å². The number of pyridine rings is 1. The number of fused-ring (bicyclic) bond motifs is 1. The van der Waals surface area contributed by atoms with E-state index in [1.54, 1.807) is 6.20 Å². The molecule has 4 N–H and O–H groups in total. The number of rotatable bonds is 4. The van der Waals surface area contributed by atoms with Crippen molar-refractivity contribution in [2.45, 2.75) is 26.4 Å². The van der Waals surface area contributed by atoms with Gasteiger partial charge in [-0.3, -0.25) is 4.98 Å². The molecule has 0 atom stereocenters. The normalized spacial score (nSPS) is 11.3. The molecule has 0 radical (unpaired) electrons. The van der Waals surface area contributed by atoms with E-state index >= 15 is 0 Å². The van der Waals surface area contributed by atoms with Crippen LogP contribution in [0.5, 0.6) is 0 Å². The third-order valence-electron chi connectivity index (χ3n) is 2.96. The van der Waals surface area contributed by atoms with Crippen LogP contribution in [0, 0.1) is 0 Å². The lowest BCUT2D eigenvalue weighted by Crippen LogP contribution is -2.35. The van der Waals surface area contributed by atoms with Gasteiger partial charge in [0.2, 0.25) is 0 Å². The molecule has 124 valence electrons. The number of ether oxygens (including phenoxy) is 1. The Kier molecular flexibility index (Phi) is 5.30. The molecule has 0 aliphatic heterocycles. The molecule has 0 saturated carbocycles. The van der Waals surface area contributed by atoms with E-state index < -0.39 is 11.7 Å². The first kappa shape index (κ1) is 17.3. The summed E-state index contributed by atoms with van der Waals surface area (Å²) in [6, 6.07) is 5.65. The molecule has 0 spiro atoms. The van der Waals surface area contributed by atoms with Crippen molar-refractivity contribution in [3.63, 3.8) is 0 Å². The Morgan fingerprint density at radius 3 is 2.78 bits per heavy atom. The number of halogens is 1. The second-order valence-corrected chi connectivity index (χ2v) is 7.02. The van der Waals surface area contributed by atoms with E-state index in [1.165, 1.54) is 0 Å². The first-order valence-corrected chi connectivity index (χ1v) is 8.10. The van der Waals surface area contributed by atoms with Crippen LogP contribution in [-0.4, -0.2) is 29.8 Å². The van der Waals surface area contributed by atoms with Crippen molar-refractivity contribution in [3.8, 4) is 0 Å². The maximum absolute atomic E-state index is 11.6. The predicted molar refractivity (Wildman–Crippen MR) is 96.6 cm³/mol. The second kappa shape index (κ2) is 7.04. The highest BCUT2D eigenvalue weighted by Gasteiger charge is 2.15. The number of aromatic nitrogens is 1. The molecule has 2 aromatic rings. The highest BCUT2D eigenvalue weighted by atomic mass is 79.9. The molecule has 0 fully saturated rings. The molecule has 23 heavy (non-hydrogen) atoms. The number of nitrogens with two attached hydrogens (primary N) is 1. The molecule has 0 saturated heterocycles. The topological polar surface area (TPSA) is 89.3 Å². The molecular formula is C16H21BrN4O2. The molecule has 7 heteroatoms. The molecule has 0 aliphatic rings. The number of hydrogen-bond donors (Lipinski definition) is 3. The summed E-state index contributed by atoms with van der Waals surface area (Å²) >= 11 is 3.39. The van der Waals surface area contributed by atoms with E-state index in [-0.39, 0.29) is 0 Å². The molecule has 0 bridgehead atoms. The summed E-state index contributed by atoms with van der Waals surface area (Å²) < 4.78 is 6.05. The van der Waals surface area contributed by atoms with Gasteiger partial charge in [0.15, 0.2) is 0 Å². The SMILES string of the molecule is CC(C)(C)OC(=O)NCCNc1ccc(N)c2cc(Br)cnc12. The zero-order valence-electron chi connectivity index (χ0n) is 13.4.